The molecule has 4 atom stereocenters. The van der Waals surface area contributed by atoms with Crippen LogP contribution in [-0.2, 0) is 25.6 Å². The number of primary amides is 1. The van der Waals surface area contributed by atoms with Gasteiger partial charge >= 0.3 is 0 Å². The van der Waals surface area contributed by atoms with Crippen molar-refractivity contribution >= 4 is 41.1 Å². The van der Waals surface area contributed by atoms with Crippen LogP contribution < -0.4 is 11.1 Å². The van der Waals surface area contributed by atoms with Crippen molar-refractivity contribution in [2.45, 2.75) is 24.5 Å². The van der Waals surface area contributed by atoms with Crippen molar-refractivity contribution in [1.82, 2.24) is 14.4 Å². The van der Waals surface area contributed by atoms with Gasteiger partial charge < -0.3 is 40.9 Å². The Bertz CT molecular complexity index is 1700. The predicted octanol–water partition coefficient (Wildman–Crippen LogP) is 0.0673. The Morgan fingerprint density at radius 1 is 1.18 bits per heavy atom. The minimum atomic E-state index is -2.78. The number of fused-ring (bicyclic) bond motifs is 3. The van der Waals surface area contributed by atoms with Gasteiger partial charge in [-0.3, -0.25) is 28.9 Å². The van der Waals surface area contributed by atoms with E-state index in [0.29, 0.717) is 23.1 Å². The van der Waals surface area contributed by atoms with Gasteiger partial charge in [0.15, 0.2) is 17.7 Å². The number of benzene rings is 1. The first kappa shape index (κ1) is 30.7. The van der Waals surface area contributed by atoms with Gasteiger partial charge in [-0.15, -0.1) is 0 Å². The van der Waals surface area contributed by atoms with Crippen molar-refractivity contribution < 1.29 is 44.4 Å². The van der Waals surface area contributed by atoms with Gasteiger partial charge in [-0.05, 0) is 64.6 Å². The maximum absolute atomic E-state index is 14.1. The van der Waals surface area contributed by atoms with E-state index in [-0.39, 0.29) is 36.2 Å². The number of phenolic OH excluding ortho intramolecular Hbond substituents is 1. The molecule has 5 rings (SSSR count). The molecule has 7 N–H and O–H groups in total. The zero-order valence-corrected chi connectivity index (χ0v) is 24.5. The average Bonchev–Trinajstić information content (AvgIpc) is 3.40. The van der Waals surface area contributed by atoms with Crippen molar-refractivity contribution in [2.24, 2.45) is 17.6 Å². The normalized spacial score (nSPS) is 24.8. The van der Waals surface area contributed by atoms with Crippen molar-refractivity contribution in [3.63, 3.8) is 0 Å². The zero-order valence-electron chi connectivity index (χ0n) is 24.5. The van der Waals surface area contributed by atoms with Gasteiger partial charge in [0.05, 0.1) is 29.5 Å². The maximum atomic E-state index is 14.1. The van der Waals surface area contributed by atoms with Crippen LogP contribution in [0.5, 0.6) is 5.75 Å². The second-order valence-electron chi connectivity index (χ2n) is 11.9. The summed E-state index contributed by atoms with van der Waals surface area (Å²) in [5.74, 6) is -8.27. The number of nitrogens with zero attached hydrogens (tertiary/aromatic N) is 3. The quantitative estimate of drug-likeness (QED) is 0.141. The number of carbonyl (C=O) groups is 5. The van der Waals surface area contributed by atoms with E-state index in [9.17, 15) is 44.4 Å². The number of anilines is 1. The lowest BCUT2D eigenvalue weighted by Crippen LogP contribution is -2.65. The van der Waals surface area contributed by atoms with Gasteiger partial charge in [-0.1, -0.05) is 0 Å². The number of likely N-dealkylation sites (N-methyl/N-ethyl adjacent to an activating group) is 2. The molecule has 14 nitrogen and oxygen atoms in total. The van der Waals surface area contributed by atoms with Crippen LogP contribution in [0.4, 0.5) is 5.69 Å². The van der Waals surface area contributed by atoms with Crippen molar-refractivity contribution in [3.8, 4) is 11.4 Å². The van der Waals surface area contributed by atoms with E-state index in [1.165, 1.54) is 31.3 Å². The molecule has 14 heteroatoms. The highest BCUT2D eigenvalue weighted by Crippen LogP contribution is 2.54. The smallest absolute Gasteiger partial charge is 0.255 e. The topological polar surface area (TPSA) is 216 Å². The van der Waals surface area contributed by atoms with Crippen LogP contribution in [-0.4, -0.2) is 111 Å². The average molecular weight is 608 g/mol. The van der Waals surface area contributed by atoms with Gasteiger partial charge in [0.25, 0.3) is 5.91 Å². The number of rotatable bonds is 7. The molecule has 0 saturated heterocycles. The van der Waals surface area contributed by atoms with E-state index in [4.69, 9.17) is 5.73 Å². The van der Waals surface area contributed by atoms with E-state index >= 15 is 0 Å². The fourth-order valence-corrected chi connectivity index (χ4v) is 6.73. The number of aliphatic hydroxyl groups is 3. The molecule has 0 bridgehead atoms. The monoisotopic (exact) mass is 607 g/mol. The van der Waals surface area contributed by atoms with Gasteiger partial charge in [0.2, 0.25) is 11.7 Å². The number of phenols is 1. The van der Waals surface area contributed by atoms with Gasteiger partial charge in [0.1, 0.15) is 22.8 Å². The molecule has 0 aliphatic heterocycles. The molecule has 0 spiro atoms. The number of ketones is 2. The van der Waals surface area contributed by atoms with Crippen LogP contribution in [0.3, 0.4) is 0 Å². The molecular weight excluding hydrogens is 574 g/mol. The van der Waals surface area contributed by atoms with E-state index in [0.717, 1.165) is 0 Å². The number of amides is 2. The Labute approximate surface area is 251 Å². The first-order valence-corrected chi connectivity index (χ1v) is 13.7. The lowest BCUT2D eigenvalue weighted by molar-refractivity contribution is -0.153. The summed E-state index contributed by atoms with van der Waals surface area (Å²) < 4.78 is 1.57. The predicted molar refractivity (Wildman–Crippen MR) is 156 cm³/mol. The van der Waals surface area contributed by atoms with Crippen molar-refractivity contribution in [2.75, 3.05) is 40.1 Å². The summed E-state index contributed by atoms with van der Waals surface area (Å²) in [7, 11) is 6.39. The summed E-state index contributed by atoms with van der Waals surface area (Å²) in [6.07, 6.45) is 3.68. The highest BCUT2D eigenvalue weighted by molar-refractivity contribution is 6.24. The molecule has 1 saturated carbocycles. The number of hydrogen-bond acceptors (Lipinski definition) is 11. The largest absolute Gasteiger partial charge is 0.508 e. The fraction of sp³-hybridized carbons (Fsp3) is 0.367. The summed E-state index contributed by atoms with van der Waals surface area (Å²) in [6.45, 7) is -0.0354. The van der Waals surface area contributed by atoms with Crippen molar-refractivity contribution in [1.29, 1.82) is 0 Å². The highest BCUT2D eigenvalue weighted by Gasteiger charge is 2.64. The van der Waals surface area contributed by atoms with Crippen LogP contribution in [0.1, 0.15) is 27.9 Å². The molecule has 2 aromatic rings. The molecule has 1 aromatic heterocycles. The summed E-state index contributed by atoms with van der Waals surface area (Å²) in [6, 6.07) is 1.82. The van der Waals surface area contributed by atoms with Gasteiger partial charge in [-0.2, -0.15) is 0 Å². The Balaban J connectivity index is 1.75. The number of carbonyl (C=O) groups excluding carboxylic acids is 5. The zero-order chi connectivity index (χ0) is 32.4. The lowest BCUT2D eigenvalue weighted by atomic mass is 9.57. The summed E-state index contributed by atoms with van der Waals surface area (Å²) in [5, 5.41) is 48.5. The van der Waals surface area contributed by atoms with E-state index in [1.807, 2.05) is 0 Å². The Morgan fingerprint density at radius 2 is 1.86 bits per heavy atom. The van der Waals surface area contributed by atoms with Gasteiger partial charge in [0, 0.05) is 29.4 Å². The third-order valence-corrected chi connectivity index (χ3v) is 8.56. The first-order valence-electron chi connectivity index (χ1n) is 13.7. The SMILES string of the molecule is CN(C)CC(=O)Nc1cc(-n2ccc(C=O)c2)c2c(c1O)C(O)=C1C(=O)[C@]3(O)C(O)=C(C(N)=O)C(=O)[C@@H](N(C)C)[C@@H]3C[C@@H]1C2. The third kappa shape index (κ3) is 4.49. The van der Waals surface area contributed by atoms with Crippen LogP contribution in [0.15, 0.2) is 41.4 Å². The molecule has 44 heavy (non-hydrogen) atoms. The molecule has 0 unspecified atom stereocenters. The first-order chi connectivity index (χ1) is 20.6. The number of aromatic nitrogens is 1. The molecule has 0 radical (unpaired) electrons. The standard InChI is InChI=1S/C30H33N5O9/c1-33(2)11-19(37)32-17-9-18(35-6-5-13(10-35)12-36)15-7-14-8-16-23(34(3)4)26(40)22(29(31)43)28(42)30(16,44)27(41)20(14)25(39)21(15)24(17)38/h5-6,9-10,12,14,16,23,38-39,42,44H,7-8,11H2,1-4H3,(H2,31,43)(H,32,37)/t14-,16-,23-,30-/m0/s1. The number of hydrogen-bond donors (Lipinski definition) is 6. The number of aldehydes is 1. The number of aromatic hydroxyl groups is 1. The number of nitrogens with one attached hydrogen (secondary N) is 1. The lowest BCUT2D eigenvalue weighted by Gasteiger charge is -2.50. The molecule has 3 aliphatic rings. The van der Waals surface area contributed by atoms with E-state index < -0.39 is 69.7 Å². The maximum Gasteiger partial charge on any atom is 0.255 e. The minimum absolute atomic E-state index is 0.0258. The number of aliphatic hydroxyl groups excluding tert-OH is 2. The second-order valence-corrected chi connectivity index (χ2v) is 11.9. The highest BCUT2D eigenvalue weighted by atomic mass is 16.3. The fourth-order valence-electron chi connectivity index (χ4n) is 6.73. The van der Waals surface area contributed by atoms with Gasteiger partial charge in [-0.25, -0.2) is 0 Å². The molecule has 1 fully saturated rings. The van der Waals surface area contributed by atoms with Crippen LogP contribution >= 0.6 is 0 Å². The summed E-state index contributed by atoms with van der Waals surface area (Å²) >= 11 is 0. The van der Waals surface area contributed by atoms with Crippen LogP contribution in [0.25, 0.3) is 11.4 Å². The molecule has 2 amide bonds. The minimum Gasteiger partial charge on any atom is -0.508 e. The third-order valence-electron chi connectivity index (χ3n) is 8.56. The van der Waals surface area contributed by atoms with E-state index in [2.05, 4.69) is 5.32 Å². The Kier molecular flexibility index (Phi) is 7.48. The van der Waals surface area contributed by atoms with E-state index in [1.54, 1.807) is 35.8 Å². The molecule has 232 valence electrons. The Morgan fingerprint density at radius 3 is 2.43 bits per heavy atom. The summed E-state index contributed by atoms with van der Waals surface area (Å²) in [4.78, 5) is 66.8. The summed E-state index contributed by atoms with van der Waals surface area (Å²) in [5.41, 5.74) is 2.17. The number of Topliss-reactive ketones (excluding diaryl/α,β-unsaturated/α-hetero) is 2. The second kappa shape index (κ2) is 10.7. The molecular formula is C30H33N5O9. The number of nitrogens with two attached hydrogens (primary N) is 1. The Hall–Kier alpha value is -4.79. The van der Waals surface area contributed by atoms with Crippen LogP contribution in [0.2, 0.25) is 0 Å². The molecule has 1 aromatic carbocycles. The molecule has 1 heterocycles. The van der Waals surface area contributed by atoms with Crippen LogP contribution in [0, 0.1) is 11.8 Å². The van der Waals surface area contributed by atoms with Crippen molar-refractivity contribution in [3.05, 3.63) is 58.1 Å². The molecule has 3 aliphatic carbocycles.